The Kier molecular flexibility index (Phi) is 6.41. The summed E-state index contributed by atoms with van der Waals surface area (Å²) in [5.74, 6) is -2.61. The predicted octanol–water partition coefficient (Wildman–Crippen LogP) is 4.11. The molecule has 0 aliphatic heterocycles. The Morgan fingerprint density at radius 1 is 1.03 bits per heavy atom. The van der Waals surface area contributed by atoms with E-state index in [0.29, 0.717) is 24.3 Å². The monoisotopic (exact) mass is 432 g/mol. The van der Waals surface area contributed by atoms with Crippen LogP contribution in [0.5, 0.6) is 0 Å². The third-order valence-electron chi connectivity index (χ3n) is 6.84. The molecule has 0 spiro atoms. The highest BCUT2D eigenvalue weighted by molar-refractivity contribution is 7.10. The molecule has 1 heterocycles. The van der Waals surface area contributed by atoms with E-state index in [2.05, 4.69) is 31.6 Å². The third-order valence-corrected chi connectivity index (χ3v) is 7.90. The highest BCUT2D eigenvalue weighted by Gasteiger charge is 2.37. The molecule has 3 rings (SSSR count). The normalized spacial score (nSPS) is 24.2. The standard InChI is InChI=1S/C23H32N2O4S/c1-12-8-16(17(22(28)29)9-13(12)2)20(26)24-25-21(27)18-11-30-19-10-14(23(3,4)5)6-7-15(18)19/h11,14,16-17H,6-10H2,1-5H3,(H,24,26)(H,25,27)(H,28,29)/t14-,16+,17-/m1/s1. The van der Waals surface area contributed by atoms with E-state index in [1.54, 1.807) is 11.3 Å². The van der Waals surface area contributed by atoms with Crippen molar-refractivity contribution in [1.29, 1.82) is 0 Å². The van der Waals surface area contributed by atoms with Crippen molar-refractivity contribution >= 4 is 29.1 Å². The average Bonchev–Trinajstić information content (AvgIpc) is 3.10. The van der Waals surface area contributed by atoms with Crippen LogP contribution in [0.2, 0.25) is 0 Å². The number of fused-ring (bicyclic) bond motifs is 1. The summed E-state index contributed by atoms with van der Waals surface area (Å²) in [7, 11) is 0. The fourth-order valence-electron chi connectivity index (χ4n) is 4.55. The van der Waals surface area contributed by atoms with Crippen molar-refractivity contribution in [2.24, 2.45) is 23.2 Å². The summed E-state index contributed by atoms with van der Waals surface area (Å²) in [5.41, 5.74) is 9.01. The van der Waals surface area contributed by atoms with Crippen molar-refractivity contribution in [2.75, 3.05) is 0 Å². The van der Waals surface area contributed by atoms with Gasteiger partial charge in [0.05, 0.1) is 17.4 Å². The Labute approximate surface area is 182 Å². The number of aliphatic carboxylic acids is 1. The van der Waals surface area contributed by atoms with Crippen LogP contribution in [0, 0.1) is 23.2 Å². The largest absolute Gasteiger partial charge is 0.481 e. The number of hydrogen-bond acceptors (Lipinski definition) is 4. The van der Waals surface area contributed by atoms with Gasteiger partial charge in [0.2, 0.25) is 5.91 Å². The first-order chi connectivity index (χ1) is 14.0. The van der Waals surface area contributed by atoms with Crippen molar-refractivity contribution in [3.8, 4) is 0 Å². The molecule has 3 atom stereocenters. The molecule has 2 aliphatic carbocycles. The fraction of sp³-hybridized carbons (Fsp3) is 0.609. The molecule has 7 heteroatoms. The van der Waals surface area contributed by atoms with Gasteiger partial charge in [0, 0.05) is 10.3 Å². The Morgan fingerprint density at radius 2 is 1.67 bits per heavy atom. The van der Waals surface area contributed by atoms with Crippen molar-refractivity contribution in [3.05, 3.63) is 32.5 Å². The van der Waals surface area contributed by atoms with Gasteiger partial charge in [-0.05, 0) is 62.8 Å². The van der Waals surface area contributed by atoms with E-state index in [1.165, 1.54) is 4.88 Å². The molecule has 0 aromatic carbocycles. The number of hydrazine groups is 1. The Morgan fingerprint density at radius 3 is 2.27 bits per heavy atom. The Bertz CT molecular complexity index is 894. The highest BCUT2D eigenvalue weighted by atomic mass is 32.1. The first-order valence-corrected chi connectivity index (χ1v) is 11.4. The van der Waals surface area contributed by atoms with Gasteiger partial charge in [-0.2, -0.15) is 0 Å². The van der Waals surface area contributed by atoms with Gasteiger partial charge in [0.1, 0.15) is 0 Å². The van der Waals surface area contributed by atoms with Crippen LogP contribution < -0.4 is 10.9 Å². The predicted molar refractivity (Wildman–Crippen MR) is 117 cm³/mol. The Balaban J connectivity index is 1.65. The van der Waals surface area contributed by atoms with Crippen molar-refractivity contribution in [1.82, 2.24) is 10.9 Å². The molecule has 6 nitrogen and oxygen atoms in total. The maximum atomic E-state index is 12.7. The van der Waals surface area contributed by atoms with Crippen LogP contribution >= 0.6 is 11.3 Å². The highest BCUT2D eigenvalue weighted by Crippen LogP contribution is 2.40. The van der Waals surface area contributed by atoms with Gasteiger partial charge in [0.15, 0.2) is 0 Å². The smallest absolute Gasteiger partial charge is 0.307 e. The zero-order valence-corrected chi connectivity index (χ0v) is 19.2. The van der Waals surface area contributed by atoms with Crippen LogP contribution in [-0.4, -0.2) is 22.9 Å². The molecule has 3 N–H and O–H groups in total. The summed E-state index contributed by atoms with van der Waals surface area (Å²) in [6.07, 6.45) is 3.65. The molecule has 2 aliphatic rings. The minimum Gasteiger partial charge on any atom is -0.481 e. The van der Waals surface area contributed by atoms with Gasteiger partial charge >= 0.3 is 5.97 Å². The van der Waals surface area contributed by atoms with E-state index in [1.807, 2.05) is 19.2 Å². The fourth-order valence-corrected chi connectivity index (χ4v) is 5.71. The summed E-state index contributed by atoms with van der Waals surface area (Å²) < 4.78 is 0. The SMILES string of the molecule is CC1=C(C)C[C@@H](C(=O)O)[C@@H](C(=O)NNC(=O)c2csc3c2CC[C@@H](C(C)(C)C)C3)C1. The van der Waals surface area contributed by atoms with Gasteiger partial charge in [0.25, 0.3) is 5.91 Å². The summed E-state index contributed by atoms with van der Waals surface area (Å²) in [4.78, 5) is 38.3. The molecule has 0 radical (unpaired) electrons. The average molecular weight is 433 g/mol. The molecular formula is C23H32N2O4S. The van der Waals surface area contributed by atoms with Crippen LogP contribution in [0.4, 0.5) is 0 Å². The van der Waals surface area contributed by atoms with Crippen LogP contribution in [-0.2, 0) is 22.4 Å². The Hall–Kier alpha value is -2.15. The molecule has 0 unspecified atom stereocenters. The lowest BCUT2D eigenvalue weighted by molar-refractivity contribution is -0.147. The zero-order chi connectivity index (χ0) is 22.2. The summed E-state index contributed by atoms with van der Waals surface area (Å²) in [6.45, 7) is 10.6. The lowest BCUT2D eigenvalue weighted by Crippen LogP contribution is -2.48. The van der Waals surface area contributed by atoms with Gasteiger partial charge in [-0.1, -0.05) is 31.9 Å². The second-order valence-electron chi connectivity index (χ2n) is 9.82. The molecule has 164 valence electrons. The second kappa shape index (κ2) is 8.53. The van der Waals surface area contributed by atoms with Gasteiger partial charge < -0.3 is 5.11 Å². The number of carbonyl (C=O) groups excluding carboxylic acids is 2. The van der Waals surface area contributed by atoms with Crippen molar-refractivity contribution < 1.29 is 19.5 Å². The number of carboxylic acids is 1. The molecule has 0 saturated heterocycles. The first kappa shape index (κ1) is 22.5. The minimum absolute atomic E-state index is 0.240. The number of carboxylic acid groups (broad SMARTS) is 1. The zero-order valence-electron chi connectivity index (χ0n) is 18.4. The lowest BCUT2D eigenvalue weighted by atomic mass is 9.72. The van der Waals surface area contributed by atoms with Crippen LogP contribution in [0.3, 0.4) is 0 Å². The van der Waals surface area contributed by atoms with Crippen LogP contribution in [0.15, 0.2) is 16.5 Å². The van der Waals surface area contributed by atoms with E-state index >= 15 is 0 Å². The van der Waals surface area contributed by atoms with Crippen LogP contribution in [0.1, 0.15) is 74.7 Å². The summed E-state index contributed by atoms with van der Waals surface area (Å²) >= 11 is 1.61. The quantitative estimate of drug-likeness (QED) is 0.495. The molecule has 2 amide bonds. The lowest BCUT2D eigenvalue weighted by Gasteiger charge is -2.34. The van der Waals surface area contributed by atoms with Gasteiger partial charge in [-0.25, -0.2) is 0 Å². The number of thiophene rings is 1. The molecule has 0 bridgehead atoms. The molecule has 0 saturated carbocycles. The second-order valence-corrected chi connectivity index (χ2v) is 10.8. The number of amides is 2. The molecule has 1 aromatic heterocycles. The van der Waals surface area contributed by atoms with E-state index in [9.17, 15) is 19.5 Å². The third kappa shape index (κ3) is 4.61. The molecule has 30 heavy (non-hydrogen) atoms. The van der Waals surface area contributed by atoms with Crippen LogP contribution in [0.25, 0.3) is 0 Å². The van der Waals surface area contributed by atoms with E-state index in [0.717, 1.165) is 36.0 Å². The number of hydrogen-bond donors (Lipinski definition) is 3. The molecular weight excluding hydrogens is 400 g/mol. The minimum atomic E-state index is -0.978. The van der Waals surface area contributed by atoms with E-state index in [-0.39, 0.29) is 11.3 Å². The molecule has 0 fully saturated rings. The first-order valence-electron chi connectivity index (χ1n) is 10.6. The number of allylic oxidation sites excluding steroid dienone is 2. The topological polar surface area (TPSA) is 95.5 Å². The number of carbonyl (C=O) groups is 3. The van der Waals surface area contributed by atoms with Crippen molar-refractivity contribution in [3.63, 3.8) is 0 Å². The number of nitrogens with one attached hydrogen (secondary N) is 2. The summed E-state index contributed by atoms with van der Waals surface area (Å²) in [5, 5.41) is 11.4. The van der Waals surface area contributed by atoms with Gasteiger partial charge in [-0.3, -0.25) is 25.2 Å². The maximum absolute atomic E-state index is 12.7. The molecule has 1 aromatic rings. The van der Waals surface area contributed by atoms with Gasteiger partial charge in [-0.15, -0.1) is 11.3 Å². The maximum Gasteiger partial charge on any atom is 0.307 e. The number of rotatable bonds is 3. The van der Waals surface area contributed by atoms with Crippen molar-refractivity contribution in [2.45, 2.75) is 66.7 Å². The van der Waals surface area contributed by atoms with E-state index in [4.69, 9.17) is 0 Å². The van der Waals surface area contributed by atoms with E-state index < -0.39 is 23.7 Å². The summed E-state index contributed by atoms with van der Waals surface area (Å²) in [6, 6.07) is 0.